The van der Waals surface area contributed by atoms with Crippen LogP contribution in [-0.4, -0.2) is 20.2 Å². The predicted octanol–water partition coefficient (Wildman–Crippen LogP) is 2.41. The fourth-order valence-corrected chi connectivity index (χ4v) is 2.63. The first-order valence-corrected chi connectivity index (χ1v) is 6.10. The van der Waals surface area contributed by atoms with Crippen LogP contribution in [0.5, 0.6) is 0 Å². The van der Waals surface area contributed by atoms with E-state index in [0.29, 0.717) is 17.8 Å². The number of alkyl halides is 1. The minimum Gasteiger partial charge on any atom is -0.225 e. The summed E-state index contributed by atoms with van der Waals surface area (Å²) in [7, 11) is 0. The highest BCUT2D eigenvalue weighted by molar-refractivity contribution is 6.16. The fourth-order valence-electron chi connectivity index (χ4n) is 2.46. The third-order valence-corrected chi connectivity index (χ3v) is 3.90. The van der Waals surface area contributed by atoms with Gasteiger partial charge in [0.2, 0.25) is 0 Å². The van der Waals surface area contributed by atoms with Gasteiger partial charge < -0.3 is 0 Å². The van der Waals surface area contributed by atoms with Gasteiger partial charge in [-0.05, 0) is 28.7 Å². The van der Waals surface area contributed by atoms with Crippen LogP contribution in [0.25, 0.3) is 0 Å². The molecular formula is C10H17ClN4. The van der Waals surface area contributed by atoms with E-state index < -0.39 is 0 Å². The maximum atomic E-state index is 5.81. The highest BCUT2D eigenvalue weighted by atomic mass is 35.5. The summed E-state index contributed by atoms with van der Waals surface area (Å²) in [5.41, 5.74) is 0. The quantitative estimate of drug-likeness (QED) is 0.731. The summed E-state index contributed by atoms with van der Waals surface area (Å²) in [5, 5.41) is 11.7. The standard InChI is InChI=1S/C10H17ClN4/c1-7-4-3-5-9(8(7)2)15-10(6-11)12-13-14-15/h7-9H,3-6H2,1-2H3. The Labute approximate surface area is 95.0 Å². The molecule has 0 aliphatic heterocycles. The Morgan fingerprint density at radius 2 is 2.20 bits per heavy atom. The minimum absolute atomic E-state index is 0.393. The van der Waals surface area contributed by atoms with Crippen LogP contribution in [0.15, 0.2) is 0 Å². The van der Waals surface area contributed by atoms with Crippen LogP contribution in [0.1, 0.15) is 45.0 Å². The van der Waals surface area contributed by atoms with Gasteiger partial charge in [0.05, 0.1) is 11.9 Å². The summed E-state index contributed by atoms with van der Waals surface area (Å²) in [6.07, 6.45) is 3.74. The van der Waals surface area contributed by atoms with Crippen LogP contribution in [0, 0.1) is 11.8 Å². The van der Waals surface area contributed by atoms with Crippen LogP contribution in [-0.2, 0) is 5.88 Å². The molecule has 1 fully saturated rings. The Balaban J connectivity index is 2.22. The summed E-state index contributed by atoms with van der Waals surface area (Å²) in [6.45, 7) is 4.59. The Hall–Kier alpha value is -0.640. The number of halogens is 1. The molecule has 1 heterocycles. The van der Waals surface area contributed by atoms with E-state index in [4.69, 9.17) is 11.6 Å². The first-order chi connectivity index (χ1) is 7.24. The van der Waals surface area contributed by atoms with E-state index in [-0.39, 0.29) is 0 Å². The molecule has 1 aromatic rings. The lowest BCUT2D eigenvalue weighted by molar-refractivity contribution is 0.170. The van der Waals surface area contributed by atoms with Crippen molar-refractivity contribution in [2.45, 2.75) is 45.0 Å². The second-order valence-corrected chi connectivity index (χ2v) is 4.78. The van der Waals surface area contributed by atoms with Gasteiger partial charge in [0.15, 0.2) is 5.82 Å². The maximum Gasteiger partial charge on any atom is 0.166 e. The largest absolute Gasteiger partial charge is 0.225 e. The topological polar surface area (TPSA) is 43.6 Å². The molecule has 0 amide bonds. The van der Waals surface area contributed by atoms with Crippen LogP contribution in [0.4, 0.5) is 0 Å². The van der Waals surface area contributed by atoms with Gasteiger partial charge in [-0.2, -0.15) is 0 Å². The van der Waals surface area contributed by atoms with Crippen LogP contribution < -0.4 is 0 Å². The Kier molecular flexibility index (Phi) is 3.24. The zero-order valence-electron chi connectivity index (χ0n) is 9.23. The summed E-state index contributed by atoms with van der Waals surface area (Å²) < 4.78 is 1.92. The number of aromatic nitrogens is 4. The summed E-state index contributed by atoms with van der Waals surface area (Å²) in [5.74, 6) is 2.56. The molecule has 0 saturated heterocycles. The zero-order chi connectivity index (χ0) is 10.8. The summed E-state index contributed by atoms with van der Waals surface area (Å²) in [4.78, 5) is 0. The Morgan fingerprint density at radius 1 is 1.40 bits per heavy atom. The Bertz CT molecular complexity index is 325. The van der Waals surface area contributed by atoms with Gasteiger partial charge in [-0.15, -0.1) is 16.7 Å². The first-order valence-electron chi connectivity index (χ1n) is 5.56. The smallest absolute Gasteiger partial charge is 0.166 e. The molecule has 2 rings (SSSR count). The number of hydrogen-bond donors (Lipinski definition) is 0. The second-order valence-electron chi connectivity index (χ2n) is 4.51. The number of nitrogens with zero attached hydrogens (tertiary/aromatic N) is 4. The molecule has 1 aromatic heterocycles. The Morgan fingerprint density at radius 3 is 2.93 bits per heavy atom. The SMILES string of the molecule is CC1CCCC(n2nnnc2CCl)C1C. The number of hydrogen-bond acceptors (Lipinski definition) is 3. The molecule has 0 N–H and O–H groups in total. The van der Waals surface area contributed by atoms with Crippen molar-refractivity contribution < 1.29 is 0 Å². The highest BCUT2D eigenvalue weighted by Crippen LogP contribution is 2.37. The first kappa shape index (κ1) is 10.9. The highest BCUT2D eigenvalue weighted by Gasteiger charge is 2.30. The molecule has 1 aliphatic carbocycles. The lowest BCUT2D eigenvalue weighted by atomic mass is 9.78. The van der Waals surface area contributed by atoms with E-state index in [2.05, 4.69) is 29.4 Å². The lowest BCUT2D eigenvalue weighted by Crippen LogP contribution is -2.28. The van der Waals surface area contributed by atoms with Crippen LogP contribution in [0.3, 0.4) is 0 Å². The molecule has 15 heavy (non-hydrogen) atoms. The average Bonchev–Trinajstić information content (AvgIpc) is 2.70. The van der Waals surface area contributed by atoms with Crippen LogP contribution >= 0.6 is 11.6 Å². The van der Waals surface area contributed by atoms with Crippen molar-refractivity contribution >= 4 is 11.6 Å². The van der Waals surface area contributed by atoms with Crippen molar-refractivity contribution in [3.05, 3.63) is 5.82 Å². The summed E-state index contributed by atoms with van der Waals surface area (Å²) >= 11 is 5.81. The predicted molar refractivity (Wildman–Crippen MR) is 58.6 cm³/mol. The second kappa shape index (κ2) is 4.47. The van der Waals surface area contributed by atoms with Gasteiger partial charge in [0.1, 0.15) is 0 Å². The van der Waals surface area contributed by atoms with E-state index in [1.54, 1.807) is 0 Å². The van der Waals surface area contributed by atoms with E-state index in [1.807, 2.05) is 4.68 Å². The molecule has 0 aromatic carbocycles. The van der Waals surface area contributed by atoms with E-state index in [9.17, 15) is 0 Å². The maximum absolute atomic E-state index is 5.81. The third kappa shape index (κ3) is 2.00. The van der Waals surface area contributed by atoms with Crippen molar-refractivity contribution in [2.24, 2.45) is 11.8 Å². The number of rotatable bonds is 2. The molecule has 0 bridgehead atoms. The van der Waals surface area contributed by atoms with Gasteiger partial charge >= 0.3 is 0 Å². The normalized spacial score (nSPS) is 31.8. The molecule has 0 spiro atoms. The molecule has 84 valence electrons. The van der Waals surface area contributed by atoms with Crippen molar-refractivity contribution in [2.75, 3.05) is 0 Å². The molecule has 4 nitrogen and oxygen atoms in total. The van der Waals surface area contributed by atoms with E-state index in [1.165, 1.54) is 19.3 Å². The zero-order valence-corrected chi connectivity index (χ0v) is 9.98. The lowest BCUT2D eigenvalue weighted by Gasteiger charge is -2.34. The fraction of sp³-hybridized carbons (Fsp3) is 0.900. The minimum atomic E-state index is 0.393. The van der Waals surface area contributed by atoms with E-state index >= 15 is 0 Å². The summed E-state index contributed by atoms with van der Waals surface area (Å²) in [6, 6.07) is 0.428. The monoisotopic (exact) mass is 228 g/mol. The number of tetrazole rings is 1. The van der Waals surface area contributed by atoms with Gasteiger partial charge in [-0.25, -0.2) is 4.68 Å². The van der Waals surface area contributed by atoms with Gasteiger partial charge in [0, 0.05) is 0 Å². The van der Waals surface area contributed by atoms with Crippen molar-refractivity contribution in [1.29, 1.82) is 0 Å². The molecule has 1 saturated carbocycles. The molecule has 1 aliphatic rings. The van der Waals surface area contributed by atoms with Gasteiger partial charge in [0.25, 0.3) is 0 Å². The van der Waals surface area contributed by atoms with Gasteiger partial charge in [-0.1, -0.05) is 26.7 Å². The third-order valence-electron chi connectivity index (χ3n) is 3.66. The molecular weight excluding hydrogens is 212 g/mol. The van der Waals surface area contributed by atoms with Crippen molar-refractivity contribution in [3.63, 3.8) is 0 Å². The molecule has 3 atom stereocenters. The molecule has 5 heteroatoms. The van der Waals surface area contributed by atoms with Crippen LogP contribution in [0.2, 0.25) is 0 Å². The van der Waals surface area contributed by atoms with Gasteiger partial charge in [-0.3, -0.25) is 0 Å². The van der Waals surface area contributed by atoms with Crippen molar-refractivity contribution in [3.8, 4) is 0 Å². The molecule has 3 unspecified atom stereocenters. The molecule has 0 radical (unpaired) electrons. The van der Waals surface area contributed by atoms with E-state index in [0.717, 1.165) is 11.7 Å². The average molecular weight is 229 g/mol. The van der Waals surface area contributed by atoms with Crippen molar-refractivity contribution in [1.82, 2.24) is 20.2 Å².